The number of carbonyl (C=O) groups is 2. The van der Waals surface area contributed by atoms with E-state index in [-0.39, 0.29) is 24.2 Å². The Labute approximate surface area is 147 Å². The summed E-state index contributed by atoms with van der Waals surface area (Å²) in [4.78, 5) is 26.7. The van der Waals surface area contributed by atoms with Crippen LogP contribution in [0.1, 0.15) is 17.5 Å². The molecule has 0 bridgehead atoms. The van der Waals surface area contributed by atoms with Crippen molar-refractivity contribution in [1.29, 1.82) is 0 Å². The fourth-order valence-corrected chi connectivity index (χ4v) is 3.22. The maximum Gasteiger partial charge on any atom is 0.229 e. The van der Waals surface area contributed by atoms with Gasteiger partial charge < -0.3 is 15.0 Å². The SMILES string of the molecule is COc1ccccc1NC(=O)[C@H]1CC(=O)N(c2cc(C)cc(C)c2)C1. The molecule has 0 aliphatic carbocycles. The molecule has 1 aliphatic rings. The van der Waals surface area contributed by atoms with Gasteiger partial charge in [0, 0.05) is 18.7 Å². The van der Waals surface area contributed by atoms with Crippen molar-refractivity contribution >= 4 is 23.2 Å². The van der Waals surface area contributed by atoms with Crippen LogP contribution >= 0.6 is 0 Å². The fraction of sp³-hybridized carbons (Fsp3) is 0.300. The van der Waals surface area contributed by atoms with Gasteiger partial charge in [0.2, 0.25) is 11.8 Å². The van der Waals surface area contributed by atoms with Gasteiger partial charge in [-0.2, -0.15) is 0 Å². The molecule has 1 aliphatic heterocycles. The summed E-state index contributed by atoms with van der Waals surface area (Å²) >= 11 is 0. The Morgan fingerprint density at radius 3 is 2.52 bits per heavy atom. The lowest BCUT2D eigenvalue weighted by Crippen LogP contribution is -2.28. The Bertz CT molecular complexity index is 796. The van der Waals surface area contributed by atoms with Crippen molar-refractivity contribution < 1.29 is 14.3 Å². The van der Waals surface area contributed by atoms with E-state index in [9.17, 15) is 9.59 Å². The highest BCUT2D eigenvalue weighted by molar-refractivity contribution is 6.04. The molecule has 1 atom stereocenters. The monoisotopic (exact) mass is 338 g/mol. The normalized spacial score (nSPS) is 16.8. The van der Waals surface area contributed by atoms with E-state index in [2.05, 4.69) is 11.4 Å². The molecule has 0 saturated carbocycles. The van der Waals surface area contributed by atoms with Gasteiger partial charge in [-0.1, -0.05) is 18.2 Å². The zero-order valence-corrected chi connectivity index (χ0v) is 14.7. The maximum atomic E-state index is 12.6. The Balaban J connectivity index is 1.74. The van der Waals surface area contributed by atoms with Crippen molar-refractivity contribution in [2.75, 3.05) is 23.9 Å². The molecule has 25 heavy (non-hydrogen) atoms. The van der Waals surface area contributed by atoms with Crippen molar-refractivity contribution in [3.8, 4) is 5.75 Å². The number of ether oxygens (including phenoxy) is 1. The molecular formula is C20H22N2O3. The summed E-state index contributed by atoms with van der Waals surface area (Å²) in [7, 11) is 1.56. The lowest BCUT2D eigenvalue weighted by Gasteiger charge is -2.18. The van der Waals surface area contributed by atoms with Gasteiger partial charge in [-0.05, 0) is 49.2 Å². The van der Waals surface area contributed by atoms with Gasteiger partial charge in [0.15, 0.2) is 0 Å². The highest BCUT2D eigenvalue weighted by Gasteiger charge is 2.35. The van der Waals surface area contributed by atoms with E-state index in [1.54, 1.807) is 24.1 Å². The van der Waals surface area contributed by atoms with E-state index in [0.29, 0.717) is 18.0 Å². The van der Waals surface area contributed by atoms with Crippen LogP contribution < -0.4 is 15.0 Å². The first-order valence-electron chi connectivity index (χ1n) is 8.30. The number of amides is 2. The number of anilines is 2. The molecule has 1 fully saturated rings. The largest absolute Gasteiger partial charge is 0.495 e. The van der Waals surface area contributed by atoms with Gasteiger partial charge >= 0.3 is 0 Å². The molecule has 130 valence electrons. The molecular weight excluding hydrogens is 316 g/mol. The predicted octanol–water partition coefficient (Wildman–Crippen LogP) is 3.30. The summed E-state index contributed by atoms with van der Waals surface area (Å²) in [6, 6.07) is 13.3. The van der Waals surface area contributed by atoms with Crippen LogP contribution in [-0.4, -0.2) is 25.5 Å². The minimum Gasteiger partial charge on any atom is -0.495 e. The molecule has 0 radical (unpaired) electrons. The van der Waals surface area contributed by atoms with Crippen LogP contribution in [0.15, 0.2) is 42.5 Å². The Morgan fingerprint density at radius 1 is 1.16 bits per heavy atom. The van der Waals surface area contributed by atoms with E-state index < -0.39 is 0 Å². The van der Waals surface area contributed by atoms with Crippen molar-refractivity contribution in [3.63, 3.8) is 0 Å². The third kappa shape index (κ3) is 3.65. The lowest BCUT2D eigenvalue weighted by atomic mass is 10.1. The molecule has 5 heteroatoms. The van der Waals surface area contributed by atoms with Crippen LogP contribution in [0.5, 0.6) is 5.75 Å². The number of rotatable bonds is 4. The summed E-state index contributed by atoms with van der Waals surface area (Å²) in [5, 5.41) is 2.88. The first-order valence-corrected chi connectivity index (χ1v) is 8.30. The summed E-state index contributed by atoms with van der Waals surface area (Å²) in [6.45, 7) is 4.40. The number of aryl methyl sites for hydroxylation is 2. The van der Waals surface area contributed by atoms with Gasteiger partial charge in [-0.3, -0.25) is 9.59 Å². The highest BCUT2D eigenvalue weighted by Crippen LogP contribution is 2.29. The number of benzene rings is 2. The summed E-state index contributed by atoms with van der Waals surface area (Å²) in [5.74, 6) is 0.0412. The van der Waals surface area contributed by atoms with Crippen molar-refractivity contribution in [2.24, 2.45) is 5.92 Å². The fourth-order valence-electron chi connectivity index (χ4n) is 3.22. The summed E-state index contributed by atoms with van der Waals surface area (Å²) < 4.78 is 5.25. The number of para-hydroxylation sites is 2. The minimum atomic E-state index is -0.377. The molecule has 1 heterocycles. The van der Waals surface area contributed by atoms with Gasteiger partial charge in [0.05, 0.1) is 18.7 Å². The van der Waals surface area contributed by atoms with Crippen LogP contribution in [0.4, 0.5) is 11.4 Å². The molecule has 1 saturated heterocycles. The van der Waals surface area contributed by atoms with Gasteiger partial charge in [-0.15, -0.1) is 0 Å². The quantitative estimate of drug-likeness (QED) is 0.930. The van der Waals surface area contributed by atoms with Gasteiger partial charge in [0.25, 0.3) is 0 Å². The second-order valence-electron chi connectivity index (χ2n) is 6.44. The van der Waals surface area contributed by atoms with E-state index in [0.717, 1.165) is 16.8 Å². The summed E-state index contributed by atoms with van der Waals surface area (Å²) in [6.07, 6.45) is 0.216. The van der Waals surface area contributed by atoms with Crippen LogP contribution in [0, 0.1) is 19.8 Å². The average Bonchev–Trinajstić information content (AvgIpc) is 2.96. The molecule has 0 unspecified atom stereocenters. The third-order valence-corrected chi connectivity index (χ3v) is 4.38. The van der Waals surface area contributed by atoms with E-state index in [4.69, 9.17) is 4.74 Å². The van der Waals surface area contributed by atoms with Gasteiger partial charge in [-0.25, -0.2) is 0 Å². The van der Waals surface area contributed by atoms with Crippen molar-refractivity contribution in [2.45, 2.75) is 20.3 Å². The number of carbonyl (C=O) groups excluding carboxylic acids is 2. The number of hydrogen-bond acceptors (Lipinski definition) is 3. The average molecular weight is 338 g/mol. The first kappa shape index (κ1) is 17.0. The number of nitrogens with one attached hydrogen (secondary N) is 1. The molecule has 3 rings (SSSR count). The zero-order valence-electron chi connectivity index (χ0n) is 14.7. The maximum absolute atomic E-state index is 12.6. The molecule has 2 amide bonds. The highest BCUT2D eigenvalue weighted by atomic mass is 16.5. The molecule has 0 aromatic heterocycles. The summed E-state index contributed by atoms with van der Waals surface area (Å²) in [5.41, 5.74) is 3.68. The second-order valence-corrected chi connectivity index (χ2v) is 6.44. The van der Waals surface area contributed by atoms with E-state index in [1.807, 2.05) is 38.1 Å². The van der Waals surface area contributed by atoms with Gasteiger partial charge in [0.1, 0.15) is 5.75 Å². The predicted molar refractivity (Wildman–Crippen MR) is 98.0 cm³/mol. The third-order valence-electron chi connectivity index (χ3n) is 4.38. The molecule has 1 N–H and O–H groups in total. The van der Waals surface area contributed by atoms with Crippen LogP contribution in [-0.2, 0) is 9.59 Å². The number of nitrogens with zero attached hydrogens (tertiary/aromatic N) is 1. The van der Waals surface area contributed by atoms with E-state index in [1.165, 1.54) is 0 Å². The lowest BCUT2D eigenvalue weighted by molar-refractivity contribution is -0.122. The topological polar surface area (TPSA) is 58.6 Å². The standard InChI is InChI=1S/C20H22N2O3/c1-13-8-14(2)10-16(9-13)22-12-15(11-19(22)23)20(24)21-17-6-4-5-7-18(17)25-3/h4-10,15H,11-12H2,1-3H3,(H,21,24)/t15-/m0/s1. The molecule has 0 spiro atoms. The molecule has 2 aromatic rings. The number of methoxy groups -OCH3 is 1. The second kappa shape index (κ2) is 6.97. The Hall–Kier alpha value is -2.82. The molecule has 5 nitrogen and oxygen atoms in total. The Kier molecular flexibility index (Phi) is 4.74. The Morgan fingerprint density at radius 2 is 1.84 bits per heavy atom. The first-order chi connectivity index (χ1) is 12.0. The smallest absolute Gasteiger partial charge is 0.229 e. The zero-order chi connectivity index (χ0) is 18.0. The van der Waals surface area contributed by atoms with Crippen LogP contribution in [0.25, 0.3) is 0 Å². The number of hydrogen-bond donors (Lipinski definition) is 1. The van der Waals surface area contributed by atoms with Crippen molar-refractivity contribution in [3.05, 3.63) is 53.6 Å². The van der Waals surface area contributed by atoms with Crippen molar-refractivity contribution in [1.82, 2.24) is 0 Å². The van der Waals surface area contributed by atoms with Crippen LogP contribution in [0.3, 0.4) is 0 Å². The van der Waals surface area contributed by atoms with E-state index >= 15 is 0 Å². The minimum absolute atomic E-state index is 0.0230. The van der Waals surface area contributed by atoms with Crippen LogP contribution in [0.2, 0.25) is 0 Å². The molecule has 2 aromatic carbocycles.